The third-order valence-electron chi connectivity index (χ3n) is 4.18. The highest BCUT2D eigenvalue weighted by Gasteiger charge is 2.29. The quantitative estimate of drug-likeness (QED) is 0.899. The van der Waals surface area contributed by atoms with Crippen LogP contribution < -0.4 is 5.73 Å². The molecule has 0 amide bonds. The zero-order valence-corrected chi connectivity index (χ0v) is 11.4. The van der Waals surface area contributed by atoms with Crippen LogP contribution >= 0.6 is 0 Å². The molecule has 0 aliphatic heterocycles. The van der Waals surface area contributed by atoms with E-state index in [0.29, 0.717) is 12.0 Å². The molecule has 2 aromatic heterocycles. The largest absolute Gasteiger partial charge is 0.330 e. The van der Waals surface area contributed by atoms with E-state index in [1.54, 1.807) is 6.20 Å². The van der Waals surface area contributed by atoms with Crippen molar-refractivity contribution in [2.45, 2.75) is 31.8 Å². The Hall–Kier alpha value is -1.46. The standard InChI is InChI=1S/C14H21N5/c1-18(13-5-2-4-11(13)8-15)9-12-10-19-7-3-6-16-14(19)17-12/h3,6-7,10-11,13H,2,4-5,8-9,15H2,1H3. The predicted molar refractivity (Wildman–Crippen MR) is 74.6 cm³/mol. The maximum atomic E-state index is 5.86. The number of imidazole rings is 1. The topological polar surface area (TPSA) is 59.5 Å². The molecule has 0 saturated heterocycles. The lowest BCUT2D eigenvalue weighted by Gasteiger charge is -2.28. The van der Waals surface area contributed by atoms with E-state index < -0.39 is 0 Å². The van der Waals surface area contributed by atoms with Gasteiger partial charge in [0, 0.05) is 31.2 Å². The summed E-state index contributed by atoms with van der Waals surface area (Å²) < 4.78 is 1.97. The van der Waals surface area contributed by atoms with Crippen LogP contribution in [0.2, 0.25) is 0 Å². The van der Waals surface area contributed by atoms with Gasteiger partial charge < -0.3 is 5.73 Å². The highest BCUT2D eigenvalue weighted by molar-refractivity contribution is 5.29. The summed E-state index contributed by atoms with van der Waals surface area (Å²) in [5, 5.41) is 0. The minimum absolute atomic E-state index is 0.600. The Bertz CT molecular complexity index is 517. The van der Waals surface area contributed by atoms with E-state index in [4.69, 9.17) is 5.73 Å². The van der Waals surface area contributed by atoms with Crippen molar-refractivity contribution in [3.05, 3.63) is 30.4 Å². The van der Waals surface area contributed by atoms with E-state index in [9.17, 15) is 0 Å². The second kappa shape index (κ2) is 5.27. The summed E-state index contributed by atoms with van der Waals surface area (Å²) in [5.74, 6) is 1.41. The molecule has 19 heavy (non-hydrogen) atoms. The second-order valence-corrected chi connectivity index (χ2v) is 5.47. The summed E-state index contributed by atoms with van der Waals surface area (Å²) >= 11 is 0. The molecular formula is C14H21N5. The van der Waals surface area contributed by atoms with Crippen LogP contribution in [-0.4, -0.2) is 38.9 Å². The van der Waals surface area contributed by atoms with Gasteiger partial charge in [-0.05, 0) is 38.4 Å². The van der Waals surface area contributed by atoms with E-state index in [1.165, 1.54) is 19.3 Å². The molecule has 2 heterocycles. The molecule has 102 valence electrons. The van der Waals surface area contributed by atoms with E-state index in [0.717, 1.165) is 24.6 Å². The zero-order valence-electron chi connectivity index (χ0n) is 11.4. The van der Waals surface area contributed by atoms with Crippen molar-refractivity contribution in [2.75, 3.05) is 13.6 Å². The number of rotatable bonds is 4. The maximum Gasteiger partial charge on any atom is 0.233 e. The van der Waals surface area contributed by atoms with Crippen molar-refractivity contribution in [1.29, 1.82) is 0 Å². The Morgan fingerprint density at radius 2 is 2.37 bits per heavy atom. The Morgan fingerprint density at radius 1 is 1.47 bits per heavy atom. The molecule has 0 bridgehead atoms. The van der Waals surface area contributed by atoms with Gasteiger partial charge in [-0.2, -0.15) is 0 Å². The summed E-state index contributed by atoms with van der Waals surface area (Å²) in [7, 11) is 2.18. The monoisotopic (exact) mass is 259 g/mol. The molecule has 1 fully saturated rings. The van der Waals surface area contributed by atoms with E-state index in [-0.39, 0.29) is 0 Å². The molecule has 5 heteroatoms. The van der Waals surface area contributed by atoms with Crippen molar-refractivity contribution >= 4 is 5.78 Å². The van der Waals surface area contributed by atoms with Crippen molar-refractivity contribution < 1.29 is 0 Å². The van der Waals surface area contributed by atoms with E-state index in [2.05, 4.69) is 28.1 Å². The summed E-state index contributed by atoms with van der Waals surface area (Å²) in [6.07, 6.45) is 9.63. The first kappa shape index (κ1) is 12.6. The second-order valence-electron chi connectivity index (χ2n) is 5.47. The van der Waals surface area contributed by atoms with Crippen LogP contribution in [0.25, 0.3) is 5.78 Å². The number of nitrogens with zero attached hydrogens (tertiary/aromatic N) is 4. The van der Waals surface area contributed by atoms with Gasteiger partial charge >= 0.3 is 0 Å². The molecule has 1 aliphatic rings. The lowest BCUT2D eigenvalue weighted by Crippen LogP contribution is -2.37. The van der Waals surface area contributed by atoms with Gasteiger partial charge in [-0.15, -0.1) is 0 Å². The van der Waals surface area contributed by atoms with Crippen LogP contribution in [-0.2, 0) is 6.54 Å². The van der Waals surface area contributed by atoms with Crippen LogP contribution in [0.3, 0.4) is 0 Å². The van der Waals surface area contributed by atoms with Gasteiger partial charge in [0.05, 0.1) is 5.69 Å². The molecule has 5 nitrogen and oxygen atoms in total. The van der Waals surface area contributed by atoms with Crippen molar-refractivity contribution in [1.82, 2.24) is 19.3 Å². The van der Waals surface area contributed by atoms with Gasteiger partial charge in [-0.1, -0.05) is 6.42 Å². The molecule has 2 aromatic rings. The van der Waals surface area contributed by atoms with Crippen LogP contribution in [0, 0.1) is 5.92 Å². The van der Waals surface area contributed by atoms with Gasteiger partial charge in [0.25, 0.3) is 0 Å². The molecule has 2 atom stereocenters. The summed E-state index contributed by atoms with van der Waals surface area (Å²) in [5.41, 5.74) is 6.93. The third-order valence-corrected chi connectivity index (χ3v) is 4.18. The molecule has 1 aliphatic carbocycles. The molecule has 0 aromatic carbocycles. The Morgan fingerprint density at radius 3 is 3.16 bits per heavy atom. The average molecular weight is 259 g/mol. The number of hydrogen-bond donors (Lipinski definition) is 1. The highest BCUT2D eigenvalue weighted by Crippen LogP contribution is 2.29. The summed E-state index contributed by atoms with van der Waals surface area (Å²) in [6.45, 7) is 1.66. The first-order valence-electron chi connectivity index (χ1n) is 6.97. The van der Waals surface area contributed by atoms with E-state index in [1.807, 2.05) is 16.7 Å². The minimum atomic E-state index is 0.600. The average Bonchev–Trinajstić information content (AvgIpc) is 3.03. The van der Waals surface area contributed by atoms with E-state index >= 15 is 0 Å². The van der Waals surface area contributed by atoms with Gasteiger partial charge in [0.2, 0.25) is 5.78 Å². The van der Waals surface area contributed by atoms with Crippen LogP contribution in [0.5, 0.6) is 0 Å². The summed E-state index contributed by atoms with van der Waals surface area (Å²) in [6, 6.07) is 2.52. The number of hydrogen-bond acceptors (Lipinski definition) is 4. The van der Waals surface area contributed by atoms with Crippen LogP contribution in [0.4, 0.5) is 0 Å². The smallest absolute Gasteiger partial charge is 0.233 e. The van der Waals surface area contributed by atoms with Crippen molar-refractivity contribution in [3.63, 3.8) is 0 Å². The normalized spacial score (nSPS) is 23.5. The van der Waals surface area contributed by atoms with Gasteiger partial charge in [-0.3, -0.25) is 9.30 Å². The molecule has 3 rings (SSSR count). The van der Waals surface area contributed by atoms with Gasteiger partial charge in [-0.25, -0.2) is 9.97 Å². The first-order chi connectivity index (χ1) is 9.28. The van der Waals surface area contributed by atoms with Crippen LogP contribution in [0.1, 0.15) is 25.0 Å². The fraction of sp³-hybridized carbons (Fsp3) is 0.571. The van der Waals surface area contributed by atoms with Gasteiger partial charge in [0.15, 0.2) is 0 Å². The molecule has 2 N–H and O–H groups in total. The molecule has 0 radical (unpaired) electrons. The highest BCUT2D eigenvalue weighted by atomic mass is 15.2. The van der Waals surface area contributed by atoms with Crippen LogP contribution in [0.15, 0.2) is 24.7 Å². The Balaban J connectivity index is 1.73. The lowest BCUT2D eigenvalue weighted by molar-refractivity contribution is 0.191. The number of nitrogens with two attached hydrogens (primary N) is 1. The Kier molecular flexibility index (Phi) is 3.48. The molecule has 2 unspecified atom stereocenters. The van der Waals surface area contributed by atoms with Crippen molar-refractivity contribution in [2.24, 2.45) is 11.7 Å². The number of aromatic nitrogens is 3. The zero-order chi connectivity index (χ0) is 13.2. The van der Waals surface area contributed by atoms with Crippen molar-refractivity contribution in [3.8, 4) is 0 Å². The minimum Gasteiger partial charge on any atom is -0.330 e. The molecular weight excluding hydrogens is 238 g/mol. The van der Waals surface area contributed by atoms with Gasteiger partial charge in [0.1, 0.15) is 0 Å². The predicted octanol–water partition coefficient (Wildman–Crippen LogP) is 1.29. The fourth-order valence-corrected chi connectivity index (χ4v) is 3.20. The first-order valence-corrected chi connectivity index (χ1v) is 6.97. The lowest BCUT2D eigenvalue weighted by atomic mass is 10.0. The SMILES string of the molecule is CN(Cc1cn2cccnc2n1)C1CCCC1CN. The Labute approximate surface area is 113 Å². The summed E-state index contributed by atoms with van der Waals surface area (Å²) in [4.78, 5) is 11.2. The third kappa shape index (κ3) is 2.48. The maximum absolute atomic E-state index is 5.86. The number of fused-ring (bicyclic) bond motifs is 1. The molecule has 0 spiro atoms. The fourth-order valence-electron chi connectivity index (χ4n) is 3.20. The molecule has 1 saturated carbocycles.